The molecule has 1 aromatic carbocycles. The number of halogens is 2. The smallest absolute Gasteiger partial charge is 0.407 e. The molecule has 1 aromatic rings. The minimum Gasteiger partial charge on any atom is -0.444 e. The highest BCUT2D eigenvalue weighted by Crippen LogP contribution is 2.29. The topological polar surface area (TPSA) is 67.4 Å². The van der Waals surface area contributed by atoms with Crippen molar-refractivity contribution in [1.82, 2.24) is 10.6 Å². The van der Waals surface area contributed by atoms with Gasteiger partial charge in [0.2, 0.25) is 5.91 Å². The SMILES string of the molecule is CC(C)(C)OC(=O)NC1CNC(=O)CC1c1ccc(F)cc1F. The average Bonchev–Trinajstić information content (AvgIpc) is 2.39. The lowest BCUT2D eigenvalue weighted by molar-refractivity contribution is -0.123. The number of benzene rings is 1. The zero-order valence-corrected chi connectivity index (χ0v) is 13.3. The van der Waals surface area contributed by atoms with E-state index in [0.29, 0.717) is 0 Å². The van der Waals surface area contributed by atoms with Crippen molar-refractivity contribution < 1.29 is 23.1 Å². The Labute approximate surface area is 133 Å². The fraction of sp³-hybridized carbons (Fsp3) is 0.500. The van der Waals surface area contributed by atoms with E-state index in [-0.39, 0.29) is 24.4 Å². The van der Waals surface area contributed by atoms with E-state index in [4.69, 9.17) is 4.74 Å². The molecule has 0 aromatic heterocycles. The maximum Gasteiger partial charge on any atom is 0.407 e. The molecule has 1 fully saturated rings. The summed E-state index contributed by atoms with van der Waals surface area (Å²) in [6.07, 6.45) is -0.644. The van der Waals surface area contributed by atoms with Gasteiger partial charge in [-0.05, 0) is 32.4 Å². The molecule has 1 saturated heterocycles. The molecule has 2 atom stereocenters. The molecule has 1 aliphatic heterocycles. The van der Waals surface area contributed by atoms with Crippen molar-refractivity contribution in [2.24, 2.45) is 0 Å². The van der Waals surface area contributed by atoms with Crippen LogP contribution in [0.5, 0.6) is 0 Å². The highest BCUT2D eigenvalue weighted by Gasteiger charge is 2.34. The molecule has 0 spiro atoms. The molecule has 1 heterocycles. The van der Waals surface area contributed by atoms with Crippen molar-refractivity contribution >= 4 is 12.0 Å². The molecule has 23 heavy (non-hydrogen) atoms. The van der Waals surface area contributed by atoms with Crippen LogP contribution in [0.3, 0.4) is 0 Å². The molecule has 2 N–H and O–H groups in total. The maximum atomic E-state index is 14.0. The molecule has 126 valence electrons. The van der Waals surface area contributed by atoms with Gasteiger partial charge in [-0.2, -0.15) is 0 Å². The largest absolute Gasteiger partial charge is 0.444 e. The molecule has 2 rings (SSSR count). The average molecular weight is 326 g/mol. The van der Waals surface area contributed by atoms with Crippen LogP contribution in [0.25, 0.3) is 0 Å². The second-order valence-corrected chi connectivity index (χ2v) is 6.53. The van der Waals surface area contributed by atoms with E-state index in [0.717, 1.165) is 12.1 Å². The van der Waals surface area contributed by atoms with Gasteiger partial charge in [0, 0.05) is 24.9 Å². The second kappa shape index (κ2) is 6.52. The van der Waals surface area contributed by atoms with Crippen LogP contribution in [-0.2, 0) is 9.53 Å². The Bertz CT molecular complexity index is 614. The van der Waals surface area contributed by atoms with Crippen LogP contribution in [0, 0.1) is 11.6 Å². The number of hydrogen-bond donors (Lipinski definition) is 2. The van der Waals surface area contributed by atoms with Crippen molar-refractivity contribution in [3.05, 3.63) is 35.4 Å². The third-order valence-corrected chi connectivity index (χ3v) is 3.47. The van der Waals surface area contributed by atoms with Gasteiger partial charge in [-0.3, -0.25) is 4.79 Å². The van der Waals surface area contributed by atoms with Gasteiger partial charge in [-0.15, -0.1) is 0 Å². The van der Waals surface area contributed by atoms with Crippen molar-refractivity contribution in [1.29, 1.82) is 0 Å². The number of carbonyl (C=O) groups excluding carboxylic acids is 2. The van der Waals surface area contributed by atoms with Gasteiger partial charge in [0.1, 0.15) is 17.2 Å². The molecule has 7 heteroatoms. The van der Waals surface area contributed by atoms with Gasteiger partial charge in [0.15, 0.2) is 0 Å². The van der Waals surface area contributed by atoms with Crippen molar-refractivity contribution in [2.45, 2.75) is 44.8 Å². The lowest BCUT2D eigenvalue weighted by Gasteiger charge is -2.33. The second-order valence-electron chi connectivity index (χ2n) is 6.53. The number of hydrogen-bond acceptors (Lipinski definition) is 3. The quantitative estimate of drug-likeness (QED) is 0.877. The summed E-state index contributed by atoms with van der Waals surface area (Å²) in [5.41, 5.74) is -0.471. The number of nitrogens with one attached hydrogen (secondary N) is 2. The van der Waals surface area contributed by atoms with Crippen LogP contribution < -0.4 is 10.6 Å². The van der Waals surface area contributed by atoms with Crippen LogP contribution in [0.4, 0.5) is 13.6 Å². The summed E-state index contributed by atoms with van der Waals surface area (Å²) in [4.78, 5) is 23.6. The Morgan fingerprint density at radius 3 is 2.65 bits per heavy atom. The van der Waals surface area contributed by atoms with Gasteiger partial charge in [0.25, 0.3) is 0 Å². The highest BCUT2D eigenvalue weighted by molar-refractivity contribution is 5.79. The van der Waals surface area contributed by atoms with Crippen molar-refractivity contribution in [3.8, 4) is 0 Å². The lowest BCUT2D eigenvalue weighted by atomic mass is 9.85. The standard InChI is InChI=1S/C16H20F2N2O3/c1-16(2,3)23-15(22)20-13-8-19-14(21)7-11(13)10-5-4-9(17)6-12(10)18/h4-6,11,13H,7-8H2,1-3H3,(H,19,21)(H,20,22). The predicted molar refractivity (Wildman–Crippen MR) is 79.9 cm³/mol. The monoisotopic (exact) mass is 326 g/mol. The van der Waals surface area contributed by atoms with Crippen LogP contribution in [-0.4, -0.2) is 30.2 Å². The summed E-state index contributed by atoms with van der Waals surface area (Å²) >= 11 is 0. The summed E-state index contributed by atoms with van der Waals surface area (Å²) in [6.45, 7) is 5.34. The fourth-order valence-electron chi connectivity index (χ4n) is 2.52. The normalized spacial score (nSPS) is 21.5. The van der Waals surface area contributed by atoms with Crippen molar-refractivity contribution in [2.75, 3.05) is 6.54 Å². The summed E-state index contributed by atoms with van der Waals surface area (Å²) in [5, 5.41) is 5.28. The first-order chi connectivity index (χ1) is 10.7. The molecule has 2 amide bonds. The Balaban J connectivity index is 2.19. The minimum absolute atomic E-state index is 0.00299. The Morgan fingerprint density at radius 2 is 2.04 bits per heavy atom. The molecule has 5 nitrogen and oxygen atoms in total. The molecular formula is C16H20F2N2O3. The van der Waals surface area contributed by atoms with Gasteiger partial charge >= 0.3 is 6.09 Å². The van der Waals surface area contributed by atoms with E-state index in [1.807, 2.05) is 0 Å². The number of rotatable bonds is 2. The van der Waals surface area contributed by atoms with E-state index >= 15 is 0 Å². The summed E-state index contributed by atoms with van der Waals surface area (Å²) in [6, 6.07) is 2.67. The number of alkyl carbamates (subject to hydrolysis) is 1. The predicted octanol–water partition coefficient (Wildman–Crippen LogP) is 2.46. The lowest BCUT2D eigenvalue weighted by Crippen LogP contribution is -2.53. The summed E-state index contributed by atoms with van der Waals surface area (Å²) in [5.74, 6) is -2.26. The van der Waals surface area contributed by atoms with Gasteiger partial charge in [-0.1, -0.05) is 6.07 Å². The first-order valence-corrected chi connectivity index (χ1v) is 7.37. The Morgan fingerprint density at radius 1 is 1.35 bits per heavy atom. The Hall–Kier alpha value is -2.18. The molecular weight excluding hydrogens is 306 g/mol. The first-order valence-electron chi connectivity index (χ1n) is 7.37. The van der Waals surface area contributed by atoms with E-state index in [2.05, 4.69) is 10.6 Å². The van der Waals surface area contributed by atoms with Crippen molar-refractivity contribution in [3.63, 3.8) is 0 Å². The molecule has 1 aliphatic rings. The van der Waals surface area contributed by atoms with Crippen LogP contribution in [0.2, 0.25) is 0 Å². The third-order valence-electron chi connectivity index (χ3n) is 3.47. The van der Waals surface area contributed by atoms with Crippen LogP contribution in [0.1, 0.15) is 38.7 Å². The number of amides is 2. The maximum absolute atomic E-state index is 14.0. The van der Waals surface area contributed by atoms with Crippen LogP contribution in [0.15, 0.2) is 18.2 Å². The number of ether oxygens (including phenoxy) is 1. The zero-order chi connectivity index (χ0) is 17.2. The van der Waals surface area contributed by atoms with Crippen LogP contribution >= 0.6 is 0 Å². The molecule has 2 unspecified atom stereocenters. The molecule has 0 radical (unpaired) electrons. The fourth-order valence-corrected chi connectivity index (χ4v) is 2.52. The molecule has 0 aliphatic carbocycles. The summed E-state index contributed by atoms with van der Waals surface area (Å²) in [7, 11) is 0. The zero-order valence-electron chi connectivity index (χ0n) is 13.3. The third kappa shape index (κ3) is 4.64. The first kappa shape index (κ1) is 17.2. The van der Waals surface area contributed by atoms with Gasteiger partial charge < -0.3 is 15.4 Å². The molecule has 0 bridgehead atoms. The Kier molecular flexibility index (Phi) is 4.87. The highest BCUT2D eigenvalue weighted by atomic mass is 19.1. The van der Waals surface area contributed by atoms with E-state index in [9.17, 15) is 18.4 Å². The number of piperidine rings is 1. The van der Waals surface area contributed by atoms with E-state index in [1.165, 1.54) is 6.07 Å². The van der Waals surface area contributed by atoms with E-state index < -0.39 is 35.3 Å². The molecule has 0 saturated carbocycles. The van der Waals surface area contributed by atoms with Gasteiger partial charge in [-0.25, -0.2) is 13.6 Å². The minimum atomic E-state index is -0.735. The number of carbonyl (C=O) groups is 2. The van der Waals surface area contributed by atoms with E-state index in [1.54, 1.807) is 20.8 Å². The van der Waals surface area contributed by atoms with Gasteiger partial charge in [0.05, 0.1) is 6.04 Å². The summed E-state index contributed by atoms with van der Waals surface area (Å²) < 4.78 is 32.3.